The second-order valence-electron chi connectivity index (χ2n) is 8.91. The molecule has 4 aliphatic carbocycles. The monoisotopic (exact) mass is 380 g/mol. The van der Waals surface area contributed by atoms with Crippen molar-refractivity contribution in [3.05, 3.63) is 29.8 Å². The van der Waals surface area contributed by atoms with Crippen LogP contribution in [0.3, 0.4) is 0 Å². The van der Waals surface area contributed by atoms with Gasteiger partial charge in [0.15, 0.2) is 0 Å². The summed E-state index contributed by atoms with van der Waals surface area (Å²) in [7, 11) is 0. The Balaban J connectivity index is 1.19. The summed E-state index contributed by atoms with van der Waals surface area (Å²) in [5, 5.41) is 17.6. The van der Waals surface area contributed by atoms with Crippen LogP contribution in [0.25, 0.3) is 0 Å². The van der Waals surface area contributed by atoms with Gasteiger partial charge in [0.1, 0.15) is 0 Å². The van der Waals surface area contributed by atoms with Crippen molar-refractivity contribution in [3.63, 3.8) is 0 Å². The van der Waals surface area contributed by atoms with Crippen LogP contribution in [0.2, 0.25) is 0 Å². The molecule has 0 heterocycles. The number of rotatable bonds is 6. The highest BCUT2D eigenvalue weighted by Crippen LogP contribution is 2.55. The van der Waals surface area contributed by atoms with E-state index in [1.165, 1.54) is 19.3 Å². The third kappa shape index (κ3) is 4.30. The lowest BCUT2D eigenvalue weighted by atomic mass is 9.53. The molecule has 3 N–H and O–H groups in total. The van der Waals surface area contributed by atoms with Crippen LogP contribution in [-0.2, 0) is 11.2 Å². The zero-order chi connectivity index (χ0) is 19.6. The van der Waals surface area contributed by atoms with E-state index in [0.717, 1.165) is 42.6 Å². The molecule has 0 aliphatic heterocycles. The molecule has 0 radical (unpaired) electrons. The highest BCUT2D eigenvalue weighted by molar-refractivity contribution is 5.91. The standard InChI is InChI=1S/C22H28N4O2/c23-7-5-15-1-3-19(4-2-15)25-20(27)6-8-24-21(28)26-22-12-16-9-17(13-22)11-18(10-16)14-22/h1-4,16-18H,5-6,8-14H2,(H,25,27)(H2,24,26,28). The Morgan fingerprint density at radius 3 is 2.21 bits per heavy atom. The Labute approximate surface area is 166 Å². The summed E-state index contributed by atoms with van der Waals surface area (Å²) >= 11 is 0. The molecule has 4 saturated carbocycles. The number of benzene rings is 1. The molecule has 0 atom stereocenters. The number of hydrogen-bond donors (Lipinski definition) is 3. The molecule has 148 valence electrons. The molecule has 4 fully saturated rings. The van der Waals surface area contributed by atoms with Crippen LogP contribution in [-0.4, -0.2) is 24.0 Å². The number of hydrogen-bond acceptors (Lipinski definition) is 3. The Morgan fingerprint density at radius 1 is 1.04 bits per heavy atom. The van der Waals surface area contributed by atoms with E-state index >= 15 is 0 Å². The van der Waals surface area contributed by atoms with Gasteiger partial charge in [-0.25, -0.2) is 4.79 Å². The van der Waals surface area contributed by atoms with E-state index in [1.807, 2.05) is 12.1 Å². The molecule has 5 rings (SSSR count). The van der Waals surface area contributed by atoms with Gasteiger partial charge in [-0.1, -0.05) is 12.1 Å². The summed E-state index contributed by atoms with van der Waals surface area (Å²) in [6.45, 7) is 0.316. The molecular weight excluding hydrogens is 352 g/mol. The lowest BCUT2D eigenvalue weighted by molar-refractivity contribution is -0.116. The van der Waals surface area contributed by atoms with Gasteiger partial charge in [-0.05, 0) is 74.0 Å². The van der Waals surface area contributed by atoms with Gasteiger partial charge in [0.2, 0.25) is 5.91 Å². The van der Waals surface area contributed by atoms with E-state index in [9.17, 15) is 9.59 Å². The maximum atomic E-state index is 12.4. The molecule has 1 aromatic rings. The second kappa shape index (κ2) is 7.83. The van der Waals surface area contributed by atoms with Gasteiger partial charge in [0.05, 0.1) is 12.5 Å². The van der Waals surface area contributed by atoms with Crippen LogP contribution >= 0.6 is 0 Å². The van der Waals surface area contributed by atoms with Gasteiger partial charge < -0.3 is 16.0 Å². The first-order valence-corrected chi connectivity index (χ1v) is 10.4. The largest absolute Gasteiger partial charge is 0.338 e. The number of nitrogens with zero attached hydrogens (tertiary/aromatic N) is 1. The molecule has 0 spiro atoms. The van der Waals surface area contributed by atoms with E-state index in [-0.39, 0.29) is 23.9 Å². The van der Waals surface area contributed by atoms with Crippen molar-refractivity contribution in [3.8, 4) is 6.07 Å². The Kier molecular flexibility index (Phi) is 5.25. The highest BCUT2D eigenvalue weighted by Gasteiger charge is 2.51. The molecule has 4 aliphatic rings. The minimum atomic E-state index is -0.143. The lowest BCUT2D eigenvalue weighted by Gasteiger charge is -2.56. The summed E-state index contributed by atoms with van der Waals surface area (Å²) in [6, 6.07) is 9.19. The van der Waals surface area contributed by atoms with E-state index < -0.39 is 0 Å². The average molecular weight is 380 g/mol. The number of nitriles is 1. The number of nitrogens with one attached hydrogen (secondary N) is 3. The molecule has 4 bridgehead atoms. The lowest BCUT2D eigenvalue weighted by Crippen LogP contribution is -2.61. The van der Waals surface area contributed by atoms with Gasteiger partial charge in [0.25, 0.3) is 0 Å². The van der Waals surface area contributed by atoms with E-state index in [0.29, 0.717) is 18.7 Å². The Bertz CT molecular complexity index is 745. The molecule has 1 aromatic carbocycles. The van der Waals surface area contributed by atoms with Crippen LogP contribution in [0.5, 0.6) is 0 Å². The predicted molar refractivity (Wildman–Crippen MR) is 106 cm³/mol. The van der Waals surface area contributed by atoms with Crippen LogP contribution < -0.4 is 16.0 Å². The molecule has 6 nitrogen and oxygen atoms in total. The van der Waals surface area contributed by atoms with E-state index in [2.05, 4.69) is 22.0 Å². The summed E-state index contributed by atoms with van der Waals surface area (Å²) in [6.07, 6.45) is 7.99. The topological polar surface area (TPSA) is 94.0 Å². The van der Waals surface area contributed by atoms with Crippen molar-refractivity contribution in [2.75, 3.05) is 11.9 Å². The number of amides is 3. The third-order valence-electron chi connectivity index (χ3n) is 6.58. The van der Waals surface area contributed by atoms with Crippen LogP contribution in [0.15, 0.2) is 24.3 Å². The number of anilines is 1. The van der Waals surface area contributed by atoms with E-state index in [4.69, 9.17) is 5.26 Å². The van der Waals surface area contributed by atoms with E-state index in [1.54, 1.807) is 12.1 Å². The Hall–Kier alpha value is -2.55. The number of carbonyl (C=O) groups excluding carboxylic acids is 2. The van der Waals surface area contributed by atoms with Crippen LogP contribution in [0.1, 0.15) is 50.5 Å². The Morgan fingerprint density at radius 2 is 1.64 bits per heavy atom. The zero-order valence-electron chi connectivity index (χ0n) is 16.2. The molecule has 6 heteroatoms. The molecule has 0 saturated heterocycles. The number of carbonyl (C=O) groups is 2. The minimum absolute atomic E-state index is 0.00767. The first-order chi connectivity index (χ1) is 13.5. The molecule has 3 amide bonds. The maximum absolute atomic E-state index is 12.4. The van der Waals surface area contributed by atoms with Crippen LogP contribution in [0, 0.1) is 29.1 Å². The van der Waals surface area contributed by atoms with Crippen molar-refractivity contribution in [1.82, 2.24) is 10.6 Å². The van der Waals surface area contributed by atoms with Crippen molar-refractivity contribution in [2.45, 2.75) is 56.9 Å². The minimum Gasteiger partial charge on any atom is -0.338 e. The van der Waals surface area contributed by atoms with Crippen molar-refractivity contribution in [1.29, 1.82) is 5.26 Å². The number of urea groups is 1. The normalized spacial score (nSPS) is 29.8. The van der Waals surface area contributed by atoms with Crippen molar-refractivity contribution < 1.29 is 9.59 Å². The summed E-state index contributed by atoms with van der Waals surface area (Å²) in [5.41, 5.74) is 1.61. The molecular formula is C22H28N4O2. The third-order valence-corrected chi connectivity index (χ3v) is 6.58. The first-order valence-electron chi connectivity index (χ1n) is 10.4. The quantitative estimate of drug-likeness (QED) is 0.706. The summed E-state index contributed by atoms with van der Waals surface area (Å²) < 4.78 is 0. The SMILES string of the molecule is N#CCc1ccc(NC(=O)CCNC(=O)NC23CC4CC(CC(C4)C2)C3)cc1. The fraction of sp³-hybridized carbons (Fsp3) is 0.591. The van der Waals surface area contributed by atoms with Gasteiger partial charge in [-0.3, -0.25) is 4.79 Å². The average Bonchev–Trinajstić information content (AvgIpc) is 2.62. The predicted octanol–water partition coefficient (Wildman–Crippen LogP) is 3.35. The van der Waals surface area contributed by atoms with Crippen molar-refractivity contribution in [2.24, 2.45) is 17.8 Å². The fourth-order valence-corrected chi connectivity index (χ4v) is 5.86. The molecule has 0 aromatic heterocycles. The van der Waals surface area contributed by atoms with Crippen molar-refractivity contribution >= 4 is 17.6 Å². The van der Waals surface area contributed by atoms with Gasteiger partial charge in [0, 0.05) is 24.2 Å². The summed E-state index contributed by atoms with van der Waals surface area (Å²) in [4.78, 5) is 24.5. The van der Waals surface area contributed by atoms with Crippen LogP contribution in [0.4, 0.5) is 10.5 Å². The van der Waals surface area contributed by atoms with Gasteiger partial charge >= 0.3 is 6.03 Å². The second-order valence-corrected chi connectivity index (χ2v) is 8.91. The molecule has 0 unspecified atom stereocenters. The highest BCUT2D eigenvalue weighted by atomic mass is 16.2. The first kappa shape index (κ1) is 18.8. The smallest absolute Gasteiger partial charge is 0.315 e. The zero-order valence-corrected chi connectivity index (χ0v) is 16.2. The maximum Gasteiger partial charge on any atom is 0.315 e. The fourth-order valence-electron chi connectivity index (χ4n) is 5.86. The molecule has 28 heavy (non-hydrogen) atoms. The van der Waals surface area contributed by atoms with Gasteiger partial charge in [-0.15, -0.1) is 0 Å². The van der Waals surface area contributed by atoms with Gasteiger partial charge in [-0.2, -0.15) is 5.26 Å². The summed E-state index contributed by atoms with van der Waals surface area (Å²) in [5.74, 6) is 2.23.